The summed E-state index contributed by atoms with van der Waals surface area (Å²) in [5, 5.41) is 3.15. The fourth-order valence-corrected chi connectivity index (χ4v) is 4.87. The molecule has 2 aromatic heterocycles. The molecule has 0 amide bonds. The number of pyridine rings is 1. The van der Waals surface area contributed by atoms with Crippen molar-refractivity contribution < 1.29 is 8.42 Å². The van der Waals surface area contributed by atoms with Gasteiger partial charge in [0.25, 0.3) is 0 Å². The molecule has 0 saturated carbocycles. The van der Waals surface area contributed by atoms with Gasteiger partial charge in [0.15, 0.2) is 0 Å². The average Bonchev–Trinajstić information content (AvgIpc) is 2.75. The summed E-state index contributed by atoms with van der Waals surface area (Å²) in [6.07, 6.45) is 6.37. The van der Waals surface area contributed by atoms with Crippen LogP contribution < -0.4 is 5.32 Å². The van der Waals surface area contributed by atoms with E-state index in [1.165, 1.54) is 0 Å². The van der Waals surface area contributed by atoms with E-state index in [0.29, 0.717) is 29.6 Å². The molecule has 3 heterocycles. The van der Waals surface area contributed by atoms with Crippen LogP contribution in [0.4, 0.5) is 11.6 Å². The lowest BCUT2D eigenvalue weighted by molar-refractivity contribution is 0.317. The summed E-state index contributed by atoms with van der Waals surface area (Å²) in [5.41, 5.74) is 0.964. The van der Waals surface area contributed by atoms with Gasteiger partial charge in [-0.15, -0.1) is 0 Å². The van der Waals surface area contributed by atoms with E-state index in [0.717, 1.165) is 18.5 Å². The van der Waals surface area contributed by atoms with Crippen LogP contribution in [0.5, 0.6) is 0 Å². The molecule has 0 spiro atoms. The van der Waals surface area contributed by atoms with Gasteiger partial charge in [-0.2, -0.15) is 4.31 Å². The highest BCUT2D eigenvalue weighted by atomic mass is 32.2. The fraction of sp³-hybridized carbons (Fsp3) is 0.250. The Kier molecular flexibility index (Phi) is 5.31. The smallest absolute Gasteiger partial charge is 0.243 e. The van der Waals surface area contributed by atoms with Crippen molar-refractivity contribution in [2.24, 2.45) is 0 Å². The number of hydrogen-bond donors (Lipinski definition) is 1. The second-order valence-corrected chi connectivity index (χ2v) is 8.59. The van der Waals surface area contributed by atoms with Crippen molar-refractivity contribution in [3.8, 4) is 0 Å². The standard InChI is InChI=1S/C20H21N5O2S/c26-28(27,17-5-2-1-3-6-17)25-13-9-16(10-14-25)18-7-4-8-19(23-18)24-20-15-21-11-12-22-20/h1-8,11-12,15-16H,9-10,13-14H2,(H,22,23,24). The van der Waals surface area contributed by atoms with Crippen LogP contribution in [0.25, 0.3) is 0 Å². The number of rotatable bonds is 5. The van der Waals surface area contributed by atoms with E-state index in [4.69, 9.17) is 4.98 Å². The molecule has 3 aromatic rings. The Morgan fingerprint density at radius 3 is 2.43 bits per heavy atom. The molecule has 0 atom stereocenters. The van der Waals surface area contributed by atoms with Gasteiger partial charge in [-0.3, -0.25) is 4.98 Å². The molecule has 4 rings (SSSR count). The summed E-state index contributed by atoms with van der Waals surface area (Å²) in [6, 6.07) is 14.4. The van der Waals surface area contributed by atoms with Crippen molar-refractivity contribution in [1.82, 2.24) is 19.3 Å². The molecule has 7 nitrogen and oxygen atoms in total. The summed E-state index contributed by atoms with van der Waals surface area (Å²) in [7, 11) is -3.43. The van der Waals surface area contributed by atoms with Crippen LogP contribution in [-0.4, -0.2) is 40.8 Å². The maximum absolute atomic E-state index is 12.8. The zero-order valence-corrected chi connectivity index (χ0v) is 16.1. The summed E-state index contributed by atoms with van der Waals surface area (Å²) in [4.78, 5) is 13.3. The number of hydrogen-bond acceptors (Lipinski definition) is 6. The Hall–Kier alpha value is -2.84. The van der Waals surface area contributed by atoms with Gasteiger partial charge < -0.3 is 5.32 Å². The third-order valence-electron chi connectivity index (χ3n) is 4.84. The lowest BCUT2D eigenvalue weighted by Gasteiger charge is -2.31. The highest BCUT2D eigenvalue weighted by Crippen LogP contribution is 2.30. The number of nitrogens with one attached hydrogen (secondary N) is 1. The Balaban J connectivity index is 1.43. The van der Waals surface area contributed by atoms with Crippen molar-refractivity contribution in [3.63, 3.8) is 0 Å². The van der Waals surface area contributed by atoms with E-state index < -0.39 is 10.0 Å². The first-order chi connectivity index (χ1) is 13.6. The molecule has 144 valence electrons. The predicted molar refractivity (Wildman–Crippen MR) is 107 cm³/mol. The van der Waals surface area contributed by atoms with E-state index in [-0.39, 0.29) is 5.92 Å². The van der Waals surface area contributed by atoms with Gasteiger partial charge in [0, 0.05) is 37.1 Å². The molecule has 1 aliphatic heterocycles. The van der Waals surface area contributed by atoms with Gasteiger partial charge in [-0.1, -0.05) is 24.3 Å². The molecular weight excluding hydrogens is 374 g/mol. The minimum atomic E-state index is -3.43. The van der Waals surface area contributed by atoms with Crippen LogP contribution in [-0.2, 0) is 10.0 Å². The quantitative estimate of drug-likeness (QED) is 0.714. The molecule has 1 aromatic carbocycles. The van der Waals surface area contributed by atoms with Gasteiger partial charge >= 0.3 is 0 Å². The molecule has 1 N–H and O–H groups in total. The second kappa shape index (κ2) is 8.04. The minimum Gasteiger partial charge on any atom is -0.324 e. The molecule has 1 fully saturated rings. The molecule has 0 unspecified atom stereocenters. The number of anilines is 2. The largest absolute Gasteiger partial charge is 0.324 e. The van der Waals surface area contributed by atoms with Crippen molar-refractivity contribution in [3.05, 3.63) is 72.8 Å². The van der Waals surface area contributed by atoms with Crippen LogP contribution in [0.1, 0.15) is 24.5 Å². The van der Waals surface area contributed by atoms with Gasteiger partial charge in [0.05, 0.1) is 11.1 Å². The van der Waals surface area contributed by atoms with Crippen LogP contribution in [0.3, 0.4) is 0 Å². The van der Waals surface area contributed by atoms with Crippen molar-refractivity contribution >= 4 is 21.7 Å². The SMILES string of the molecule is O=S(=O)(c1ccccc1)N1CCC(c2cccc(Nc3cnccn3)n2)CC1. The topological polar surface area (TPSA) is 88.1 Å². The molecule has 1 aliphatic rings. The van der Waals surface area contributed by atoms with Crippen molar-refractivity contribution in [1.29, 1.82) is 0 Å². The van der Waals surface area contributed by atoms with Gasteiger partial charge in [0.1, 0.15) is 11.6 Å². The highest BCUT2D eigenvalue weighted by molar-refractivity contribution is 7.89. The van der Waals surface area contributed by atoms with Gasteiger partial charge in [-0.05, 0) is 37.1 Å². The predicted octanol–water partition coefficient (Wildman–Crippen LogP) is 3.18. The van der Waals surface area contributed by atoms with Crippen LogP contribution in [0.15, 0.2) is 72.0 Å². The third-order valence-corrected chi connectivity index (χ3v) is 6.76. The normalized spacial score (nSPS) is 16.0. The summed E-state index contributed by atoms with van der Waals surface area (Å²) in [6.45, 7) is 0.983. The van der Waals surface area contributed by atoms with E-state index in [1.807, 2.05) is 24.3 Å². The second-order valence-electron chi connectivity index (χ2n) is 6.65. The van der Waals surface area contributed by atoms with E-state index in [2.05, 4.69) is 15.3 Å². The average molecular weight is 395 g/mol. The first kappa shape index (κ1) is 18.5. The first-order valence-corrected chi connectivity index (χ1v) is 10.6. The lowest BCUT2D eigenvalue weighted by Crippen LogP contribution is -2.38. The maximum Gasteiger partial charge on any atom is 0.243 e. The van der Waals surface area contributed by atoms with E-state index in [1.54, 1.807) is 47.2 Å². The summed E-state index contributed by atoms with van der Waals surface area (Å²) >= 11 is 0. The molecule has 8 heteroatoms. The number of nitrogens with zero attached hydrogens (tertiary/aromatic N) is 4. The lowest BCUT2D eigenvalue weighted by atomic mass is 9.94. The van der Waals surface area contributed by atoms with Crippen LogP contribution in [0, 0.1) is 0 Å². The zero-order valence-electron chi connectivity index (χ0n) is 15.3. The van der Waals surface area contributed by atoms with Gasteiger partial charge in [0.2, 0.25) is 10.0 Å². The highest BCUT2D eigenvalue weighted by Gasteiger charge is 2.30. The van der Waals surface area contributed by atoms with E-state index in [9.17, 15) is 8.42 Å². The van der Waals surface area contributed by atoms with Crippen molar-refractivity contribution in [2.75, 3.05) is 18.4 Å². The summed E-state index contributed by atoms with van der Waals surface area (Å²) in [5.74, 6) is 1.57. The van der Waals surface area contributed by atoms with Crippen LogP contribution in [0.2, 0.25) is 0 Å². The molecule has 1 saturated heterocycles. The monoisotopic (exact) mass is 395 g/mol. The Morgan fingerprint density at radius 1 is 0.929 bits per heavy atom. The molecule has 0 aliphatic carbocycles. The number of benzene rings is 1. The number of piperidine rings is 1. The molecule has 0 radical (unpaired) electrons. The summed E-state index contributed by atoms with van der Waals surface area (Å²) < 4.78 is 27.1. The Morgan fingerprint density at radius 2 is 1.71 bits per heavy atom. The third kappa shape index (κ3) is 4.02. The number of aromatic nitrogens is 3. The molecule has 0 bridgehead atoms. The minimum absolute atomic E-state index is 0.228. The number of sulfonamides is 1. The van der Waals surface area contributed by atoms with Gasteiger partial charge in [-0.25, -0.2) is 18.4 Å². The van der Waals surface area contributed by atoms with E-state index >= 15 is 0 Å². The first-order valence-electron chi connectivity index (χ1n) is 9.18. The Bertz CT molecular complexity index is 1020. The zero-order chi connectivity index (χ0) is 19.4. The molecular formula is C20H21N5O2S. The Labute approximate surface area is 164 Å². The van der Waals surface area contributed by atoms with Crippen LogP contribution >= 0.6 is 0 Å². The fourth-order valence-electron chi connectivity index (χ4n) is 3.38. The molecule has 28 heavy (non-hydrogen) atoms. The maximum atomic E-state index is 12.8. The van der Waals surface area contributed by atoms with Crippen molar-refractivity contribution in [2.45, 2.75) is 23.7 Å².